The van der Waals surface area contributed by atoms with Crippen molar-refractivity contribution in [2.24, 2.45) is 11.3 Å². The van der Waals surface area contributed by atoms with Crippen LogP contribution in [0.25, 0.3) is 11.5 Å². The molecule has 1 aliphatic heterocycles. The Morgan fingerprint density at radius 1 is 1.35 bits per heavy atom. The first-order valence-corrected chi connectivity index (χ1v) is 9.14. The second-order valence-electron chi connectivity index (χ2n) is 7.51. The highest BCUT2D eigenvalue weighted by Gasteiger charge is 2.49. The molecule has 0 bridgehead atoms. The number of hydrogen-bond acceptors (Lipinski definition) is 4. The average molecular weight is 376 g/mol. The first-order chi connectivity index (χ1) is 12.1. The van der Waals surface area contributed by atoms with Gasteiger partial charge in [-0.05, 0) is 56.8 Å². The number of amides is 1. The van der Waals surface area contributed by atoms with Crippen molar-refractivity contribution in [1.29, 1.82) is 0 Å². The number of nitrogens with zero attached hydrogens (tertiary/aromatic N) is 1. The number of halogens is 1. The standard InChI is InChI=1S/C20H25N3O2.ClH/c1-13-6-7-16(9-17(13)18-22-14(2)11-25-18)23-19(24)20-8-4-3-5-15(20)10-21-12-20;/h6-7,9,11,15,21H,3-5,8,10,12H2,1-2H3,(H,23,24);1H/t15-,20+;/m0./s1. The van der Waals surface area contributed by atoms with Crippen molar-refractivity contribution >= 4 is 24.0 Å². The van der Waals surface area contributed by atoms with Crippen molar-refractivity contribution in [1.82, 2.24) is 10.3 Å². The molecule has 26 heavy (non-hydrogen) atoms. The van der Waals surface area contributed by atoms with Gasteiger partial charge in [0.1, 0.15) is 6.26 Å². The van der Waals surface area contributed by atoms with Crippen molar-refractivity contribution in [3.63, 3.8) is 0 Å². The molecule has 1 aromatic heterocycles. The molecule has 2 aliphatic rings. The van der Waals surface area contributed by atoms with Crippen molar-refractivity contribution in [2.45, 2.75) is 39.5 Å². The zero-order valence-electron chi connectivity index (χ0n) is 15.3. The molecule has 4 rings (SSSR count). The molecule has 1 saturated carbocycles. The van der Waals surface area contributed by atoms with Crippen LogP contribution >= 0.6 is 12.4 Å². The SMILES string of the molecule is Cc1coc(-c2cc(NC(=O)[C@@]34CCCC[C@H]3CNC4)ccc2C)n1.Cl. The molecular weight excluding hydrogens is 350 g/mol. The molecule has 2 heterocycles. The van der Waals surface area contributed by atoms with Crippen LogP contribution in [0.5, 0.6) is 0 Å². The van der Waals surface area contributed by atoms with Crippen molar-refractivity contribution in [3.8, 4) is 11.5 Å². The maximum atomic E-state index is 13.1. The fraction of sp³-hybridized carbons (Fsp3) is 0.500. The minimum atomic E-state index is -0.247. The van der Waals surface area contributed by atoms with Gasteiger partial charge in [0.25, 0.3) is 0 Å². The van der Waals surface area contributed by atoms with Gasteiger partial charge in [-0.15, -0.1) is 12.4 Å². The van der Waals surface area contributed by atoms with Crippen molar-refractivity contribution < 1.29 is 9.21 Å². The van der Waals surface area contributed by atoms with Crippen LogP contribution < -0.4 is 10.6 Å². The van der Waals surface area contributed by atoms with E-state index < -0.39 is 0 Å². The number of aryl methyl sites for hydroxylation is 2. The summed E-state index contributed by atoms with van der Waals surface area (Å²) in [5.41, 5.74) is 3.42. The predicted octanol–water partition coefficient (Wildman–Crippen LogP) is 4.10. The number of aromatic nitrogens is 1. The lowest BCUT2D eigenvalue weighted by molar-refractivity contribution is -0.128. The van der Waals surface area contributed by atoms with Crippen LogP contribution in [0.15, 0.2) is 28.9 Å². The fourth-order valence-corrected chi connectivity index (χ4v) is 4.35. The van der Waals surface area contributed by atoms with Crippen LogP contribution in [0.4, 0.5) is 5.69 Å². The smallest absolute Gasteiger partial charge is 0.232 e. The number of nitrogens with one attached hydrogen (secondary N) is 2. The average Bonchev–Trinajstić information content (AvgIpc) is 3.23. The zero-order chi connectivity index (χ0) is 17.4. The summed E-state index contributed by atoms with van der Waals surface area (Å²) in [7, 11) is 0. The highest BCUT2D eigenvalue weighted by molar-refractivity contribution is 5.96. The van der Waals surface area contributed by atoms with E-state index in [2.05, 4.69) is 15.6 Å². The molecular formula is C20H26ClN3O2. The molecule has 2 N–H and O–H groups in total. The number of rotatable bonds is 3. The molecule has 0 spiro atoms. The van der Waals surface area contributed by atoms with Crippen molar-refractivity contribution in [2.75, 3.05) is 18.4 Å². The first kappa shape index (κ1) is 18.9. The lowest BCUT2D eigenvalue weighted by Crippen LogP contribution is -2.44. The second-order valence-corrected chi connectivity index (χ2v) is 7.51. The lowest BCUT2D eigenvalue weighted by atomic mass is 9.67. The Hall–Kier alpha value is -1.85. The second kappa shape index (κ2) is 7.41. The molecule has 0 unspecified atom stereocenters. The summed E-state index contributed by atoms with van der Waals surface area (Å²) in [4.78, 5) is 17.5. The van der Waals surface area contributed by atoms with E-state index in [9.17, 15) is 4.79 Å². The van der Waals surface area contributed by atoms with Gasteiger partial charge in [-0.1, -0.05) is 18.9 Å². The Labute approximate surface area is 160 Å². The molecule has 5 nitrogen and oxygen atoms in total. The third-order valence-corrected chi connectivity index (χ3v) is 5.84. The first-order valence-electron chi connectivity index (χ1n) is 9.14. The largest absolute Gasteiger partial charge is 0.444 e. The maximum Gasteiger partial charge on any atom is 0.232 e. The molecule has 1 aliphatic carbocycles. The molecule has 6 heteroatoms. The lowest BCUT2D eigenvalue weighted by Gasteiger charge is -2.37. The molecule has 2 atom stereocenters. The summed E-state index contributed by atoms with van der Waals surface area (Å²) in [6, 6.07) is 5.94. The number of anilines is 1. The molecule has 1 saturated heterocycles. The normalized spacial score (nSPS) is 24.6. The van der Waals surface area contributed by atoms with E-state index in [1.165, 1.54) is 6.42 Å². The predicted molar refractivity (Wildman–Crippen MR) is 105 cm³/mol. The van der Waals surface area contributed by atoms with Gasteiger partial charge < -0.3 is 15.1 Å². The number of benzene rings is 1. The van der Waals surface area contributed by atoms with Gasteiger partial charge in [0.15, 0.2) is 0 Å². The van der Waals surface area contributed by atoms with E-state index in [1.807, 2.05) is 32.0 Å². The van der Waals surface area contributed by atoms with Gasteiger partial charge in [0, 0.05) is 17.8 Å². The number of oxazole rings is 1. The molecule has 1 amide bonds. The summed E-state index contributed by atoms with van der Waals surface area (Å²) in [5, 5.41) is 6.60. The number of fused-ring (bicyclic) bond motifs is 1. The molecule has 2 fully saturated rings. The van der Waals surface area contributed by atoms with Gasteiger partial charge in [-0.2, -0.15) is 0 Å². The molecule has 0 radical (unpaired) electrons. The Bertz CT molecular complexity index is 804. The highest BCUT2D eigenvalue weighted by Crippen LogP contribution is 2.44. The van der Waals surface area contributed by atoms with Crippen LogP contribution in [-0.4, -0.2) is 24.0 Å². The van der Waals surface area contributed by atoms with E-state index in [0.717, 1.165) is 54.9 Å². The van der Waals surface area contributed by atoms with Crippen LogP contribution in [0.1, 0.15) is 36.9 Å². The summed E-state index contributed by atoms with van der Waals surface area (Å²) in [5.74, 6) is 1.21. The van der Waals surface area contributed by atoms with Crippen LogP contribution in [0, 0.1) is 25.2 Å². The van der Waals surface area contributed by atoms with Gasteiger partial charge >= 0.3 is 0 Å². The molecule has 140 valence electrons. The number of hydrogen-bond donors (Lipinski definition) is 2. The topological polar surface area (TPSA) is 67.2 Å². The van der Waals surface area contributed by atoms with Gasteiger partial charge in [0.2, 0.25) is 11.8 Å². The Morgan fingerprint density at radius 2 is 2.19 bits per heavy atom. The van der Waals surface area contributed by atoms with E-state index in [0.29, 0.717) is 11.8 Å². The van der Waals surface area contributed by atoms with E-state index in [-0.39, 0.29) is 23.7 Å². The minimum Gasteiger partial charge on any atom is -0.444 e. The minimum absolute atomic E-state index is 0. The maximum absolute atomic E-state index is 13.1. The highest BCUT2D eigenvalue weighted by atomic mass is 35.5. The van der Waals surface area contributed by atoms with E-state index in [1.54, 1.807) is 6.26 Å². The summed E-state index contributed by atoms with van der Waals surface area (Å²) in [6.45, 7) is 5.68. The number of carbonyl (C=O) groups is 1. The Morgan fingerprint density at radius 3 is 2.96 bits per heavy atom. The Kier molecular flexibility index (Phi) is 5.39. The van der Waals surface area contributed by atoms with E-state index >= 15 is 0 Å². The quantitative estimate of drug-likeness (QED) is 0.847. The monoisotopic (exact) mass is 375 g/mol. The molecule has 2 aromatic rings. The fourth-order valence-electron chi connectivity index (χ4n) is 4.35. The van der Waals surface area contributed by atoms with Crippen LogP contribution in [0.3, 0.4) is 0 Å². The van der Waals surface area contributed by atoms with Crippen LogP contribution in [-0.2, 0) is 4.79 Å². The third-order valence-electron chi connectivity index (χ3n) is 5.84. The van der Waals surface area contributed by atoms with Gasteiger partial charge in [-0.3, -0.25) is 4.79 Å². The number of carbonyl (C=O) groups excluding carboxylic acids is 1. The van der Waals surface area contributed by atoms with Crippen LogP contribution in [0.2, 0.25) is 0 Å². The summed E-state index contributed by atoms with van der Waals surface area (Å²) >= 11 is 0. The summed E-state index contributed by atoms with van der Waals surface area (Å²) in [6.07, 6.45) is 6.15. The summed E-state index contributed by atoms with van der Waals surface area (Å²) < 4.78 is 5.54. The molecule has 1 aromatic carbocycles. The Balaban J connectivity index is 0.00000196. The van der Waals surface area contributed by atoms with E-state index in [4.69, 9.17) is 4.42 Å². The van der Waals surface area contributed by atoms with Gasteiger partial charge in [0.05, 0.1) is 11.1 Å². The van der Waals surface area contributed by atoms with Crippen molar-refractivity contribution in [3.05, 3.63) is 35.7 Å². The zero-order valence-corrected chi connectivity index (χ0v) is 16.1. The third kappa shape index (κ3) is 3.26. The van der Waals surface area contributed by atoms with Gasteiger partial charge in [-0.25, -0.2) is 4.98 Å².